The Morgan fingerprint density at radius 3 is 2.00 bits per heavy atom. The third kappa shape index (κ3) is 7.14. The number of esters is 1. The first-order valence-corrected chi connectivity index (χ1v) is 12.9. The highest BCUT2D eigenvalue weighted by molar-refractivity contribution is 14.1. The monoisotopic (exact) mass is 672 g/mol. The van der Waals surface area contributed by atoms with E-state index in [9.17, 15) is 4.79 Å². The molecule has 7 heteroatoms. The molecular weight excluding hydrogens is 650 g/mol. The summed E-state index contributed by atoms with van der Waals surface area (Å²) < 4.78 is 18.0. The minimum Gasteiger partial charge on any atom is -0.493 e. The summed E-state index contributed by atoms with van der Waals surface area (Å²) in [5, 5.41) is 0. The standard InChI is InChI=1S/C25H22I2O4S/c1-29-24-15-21(11-12-23(24)31-16-25(28)30-2)32-14-13-22(17-3-7-19(26)8-4-17)18-5-9-20(27)10-6-18/h3-13,15H,14,16H2,1-2H3. The summed E-state index contributed by atoms with van der Waals surface area (Å²) in [6.07, 6.45) is 2.25. The molecule has 3 aromatic rings. The number of methoxy groups -OCH3 is 2. The predicted octanol–water partition coefficient (Wildman–Crippen LogP) is 6.68. The Morgan fingerprint density at radius 1 is 0.875 bits per heavy atom. The lowest BCUT2D eigenvalue weighted by molar-refractivity contribution is -0.142. The summed E-state index contributed by atoms with van der Waals surface area (Å²) in [5.74, 6) is 1.45. The Labute approximate surface area is 220 Å². The molecule has 0 saturated heterocycles. The highest BCUT2D eigenvalue weighted by Crippen LogP contribution is 2.33. The zero-order valence-corrected chi connectivity index (χ0v) is 22.8. The number of benzene rings is 3. The molecule has 0 aromatic heterocycles. The second kappa shape index (κ2) is 12.5. The van der Waals surface area contributed by atoms with Crippen LogP contribution in [0.25, 0.3) is 5.57 Å². The second-order valence-corrected chi connectivity index (χ2v) is 10.2. The molecule has 3 aromatic carbocycles. The van der Waals surface area contributed by atoms with Gasteiger partial charge < -0.3 is 14.2 Å². The lowest BCUT2D eigenvalue weighted by Gasteiger charge is -2.12. The number of halogens is 2. The average molecular weight is 672 g/mol. The van der Waals surface area contributed by atoms with Crippen LogP contribution in [-0.4, -0.2) is 32.5 Å². The summed E-state index contributed by atoms with van der Waals surface area (Å²) in [6.45, 7) is -0.155. The number of carbonyl (C=O) groups excluding carboxylic acids is 1. The lowest BCUT2D eigenvalue weighted by Crippen LogP contribution is -2.12. The maximum absolute atomic E-state index is 11.3. The number of thioether (sulfide) groups is 1. The molecular formula is C25H22I2O4S. The van der Waals surface area contributed by atoms with Gasteiger partial charge in [-0.15, -0.1) is 11.8 Å². The lowest BCUT2D eigenvalue weighted by atomic mass is 9.98. The van der Waals surface area contributed by atoms with Gasteiger partial charge in [0.2, 0.25) is 0 Å². The fourth-order valence-corrected chi connectivity index (χ4v) is 4.45. The third-order valence-corrected chi connectivity index (χ3v) is 6.92. The molecule has 0 radical (unpaired) electrons. The van der Waals surface area contributed by atoms with Crippen molar-refractivity contribution >= 4 is 68.5 Å². The molecule has 0 spiro atoms. The minimum atomic E-state index is -0.436. The van der Waals surface area contributed by atoms with Gasteiger partial charge in [0.15, 0.2) is 18.1 Å². The maximum atomic E-state index is 11.3. The zero-order valence-electron chi connectivity index (χ0n) is 17.6. The van der Waals surface area contributed by atoms with E-state index in [0.717, 1.165) is 10.6 Å². The maximum Gasteiger partial charge on any atom is 0.343 e. The van der Waals surface area contributed by atoms with Gasteiger partial charge in [-0.05, 0) is 104 Å². The molecule has 0 unspecified atom stereocenters. The van der Waals surface area contributed by atoms with Gasteiger partial charge in [0.25, 0.3) is 0 Å². The van der Waals surface area contributed by atoms with Crippen LogP contribution in [0.2, 0.25) is 0 Å². The molecule has 166 valence electrons. The van der Waals surface area contributed by atoms with Gasteiger partial charge in [-0.2, -0.15) is 0 Å². The van der Waals surface area contributed by atoms with Crippen molar-refractivity contribution in [3.8, 4) is 11.5 Å². The summed E-state index contributed by atoms with van der Waals surface area (Å²) in [5.41, 5.74) is 3.59. The van der Waals surface area contributed by atoms with Gasteiger partial charge in [0.05, 0.1) is 14.2 Å². The number of rotatable bonds is 9. The van der Waals surface area contributed by atoms with Gasteiger partial charge in [-0.25, -0.2) is 4.79 Å². The summed E-state index contributed by atoms with van der Waals surface area (Å²) >= 11 is 6.35. The summed E-state index contributed by atoms with van der Waals surface area (Å²) in [6, 6.07) is 22.8. The fraction of sp³-hybridized carbons (Fsp3) is 0.160. The number of carbonyl (C=O) groups is 1. The minimum absolute atomic E-state index is 0.155. The van der Waals surface area contributed by atoms with Crippen LogP contribution in [0, 0.1) is 7.14 Å². The largest absolute Gasteiger partial charge is 0.493 e. The molecule has 0 heterocycles. The molecule has 4 nitrogen and oxygen atoms in total. The normalized spacial score (nSPS) is 10.4. The van der Waals surface area contributed by atoms with E-state index >= 15 is 0 Å². The van der Waals surface area contributed by atoms with E-state index in [2.05, 4.69) is 105 Å². The smallest absolute Gasteiger partial charge is 0.343 e. The van der Waals surface area contributed by atoms with E-state index in [0.29, 0.717) is 11.5 Å². The van der Waals surface area contributed by atoms with Crippen molar-refractivity contribution in [3.05, 3.63) is 91.1 Å². The second-order valence-electron chi connectivity index (χ2n) is 6.62. The molecule has 32 heavy (non-hydrogen) atoms. The topological polar surface area (TPSA) is 44.8 Å². The van der Waals surface area contributed by atoms with Crippen LogP contribution in [0.1, 0.15) is 11.1 Å². The van der Waals surface area contributed by atoms with Crippen molar-refractivity contribution in [2.45, 2.75) is 4.90 Å². The summed E-state index contributed by atoms with van der Waals surface area (Å²) in [4.78, 5) is 12.4. The van der Waals surface area contributed by atoms with Gasteiger partial charge >= 0.3 is 5.97 Å². The van der Waals surface area contributed by atoms with Crippen molar-refractivity contribution in [2.75, 3.05) is 26.6 Å². The van der Waals surface area contributed by atoms with Crippen molar-refractivity contribution in [2.24, 2.45) is 0 Å². The third-order valence-electron chi connectivity index (χ3n) is 4.56. The Morgan fingerprint density at radius 2 is 1.47 bits per heavy atom. The average Bonchev–Trinajstić information content (AvgIpc) is 2.82. The van der Waals surface area contributed by atoms with E-state index in [1.807, 2.05) is 18.2 Å². The SMILES string of the molecule is COC(=O)COc1ccc(SCC=C(c2ccc(I)cc2)c2ccc(I)cc2)cc1OC. The fourth-order valence-electron chi connectivity index (χ4n) is 2.94. The van der Waals surface area contributed by atoms with Crippen LogP contribution >= 0.6 is 56.9 Å². The molecule has 0 atom stereocenters. The first-order valence-electron chi connectivity index (χ1n) is 9.72. The van der Waals surface area contributed by atoms with Crippen LogP contribution in [0.4, 0.5) is 0 Å². The highest BCUT2D eigenvalue weighted by Gasteiger charge is 2.10. The summed E-state index contributed by atoms with van der Waals surface area (Å²) in [7, 11) is 2.91. The van der Waals surface area contributed by atoms with Crippen molar-refractivity contribution < 1.29 is 19.0 Å². The first kappa shape index (κ1) is 24.9. The van der Waals surface area contributed by atoms with Gasteiger partial charge in [0, 0.05) is 17.8 Å². The first-order chi connectivity index (χ1) is 15.5. The Hall–Kier alpha value is -1.72. The van der Waals surface area contributed by atoms with Crippen LogP contribution in [0.3, 0.4) is 0 Å². The van der Waals surface area contributed by atoms with E-state index < -0.39 is 5.97 Å². The van der Waals surface area contributed by atoms with Crippen molar-refractivity contribution in [1.82, 2.24) is 0 Å². The molecule has 0 aliphatic rings. The molecule has 0 amide bonds. The number of hydrogen-bond acceptors (Lipinski definition) is 5. The van der Waals surface area contributed by atoms with Crippen LogP contribution in [0.15, 0.2) is 77.7 Å². The zero-order chi connectivity index (χ0) is 22.9. The Balaban J connectivity index is 1.77. The van der Waals surface area contributed by atoms with Gasteiger partial charge in [0.1, 0.15) is 0 Å². The van der Waals surface area contributed by atoms with Crippen LogP contribution < -0.4 is 9.47 Å². The highest BCUT2D eigenvalue weighted by atomic mass is 127. The number of hydrogen-bond donors (Lipinski definition) is 0. The van der Waals surface area contributed by atoms with Crippen LogP contribution in [-0.2, 0) is 9.53 Å². The molecule has 0 aliphatic heterocycles. The molecule has 0 N–H and O–H groups in total. The van der Waals surface area contributed by atoms with Gasteiger partial charge in [-0.1, -0.05) is 30.3 Å². The van der Waals surface area contributed by atoms with E-state index in [1.165, 1.54) is 31.0 Å². The molecule has 0 aliphatic carbocycles. The molecule has 0 bridgehead atoms. The van der Waals surface area contributed by atoms with Crippen molar-refractivity contribution in [1.29, 1.82) is 0 Å². The van der Waals surface area contributed by atoms with Crippen LogP contribution in [0.5, 0.6) is 11.5 Å². The quantitative estimate of drug-likeness (QED) is 0.144. The predicted molar refractivity (Wildman–Crippen MR) is 147 cm³/mol. The van der Waals surface area contributed by atoms with Crippen molar-refractivity contribution in [3.63, 3.8) is 0 Å². The Bertz CT molecular complexity index is 1030. The van der Waals surface area contributed by atoms with Gasteiger partial charge in [-0.3, -0.25) is 0 Å². The van der Waals surface area contributed by atoms with E-state index in [1.54, 1.807) is 18.9 Å². The van der Waals surface area contributed by atoms with E-state index in [-0.39, 0.29) is 6.61 Å². The molecule has 3 rings (SSSR count). The number of ether oxygens (including phenoxy) is 3. The molecule has 0 saturated carbocycles. The molecule has 0 fully saturated rings. The van der Waals surface area contributed by atoms with E-state index in [4.69, 9.17) is 9.47 Å². The Kier molecular flexibility index (Phi) is 9.73.